The lowest BCUT2D eigenvalue weighted by atomic mass is 10.0. The molecule has 0 bridgehead atoms. The zero-order valence-corrected chi connectivity index (χ0v) is 18.4. The topological polar surface area (TPSA) is 78.3 Å². The maximum absolute atomic E-state index is 13.5. The molecule has 1 amide bonds. The molecule has 4 rings (SSSR count). The van der Waals surface area contributed by atoms with Crippen molar-refractivity contribution in [2.45, 2.75) is 6.10 Å². The predicted molar refractivity (Wildman–Crippen MR) is 123 cm³/mol. The predicted octanol–water partition coefficient (Wildman–Crippen LogP) is 4.62. The smallest absolute Gasteiger partial charge is 0.259 e. The summed E-state index contributed by atoms with van der Waals surface area (Å²) in [6.07, 6.45) is 2.49. The largest absolute Gasteiger partial charge is 0.497 e. The summed E-state index contributed by atoms with van der Waals surface area (Å²) in [6.45, 7) is 0. The van der Waals surface area contributed by atoms with Crippen molar-refractivity contribution >= 4 is 11.7 Å². The van der Waals surface area contributed by atoms with Gasteiger partial charge in [-0.2, -0.15) is 5.10 Å². The number of aryl methyl sites for hydroxylation is 1. The highest BCUT2D eigenvalue weighted by Crippen LogP contribution is 2.38. The number of halogens is 1. The summed E-state index contributed by atoms with van der Waals surface area (Å²) in [6, 6.07) is 16.8. The molecule has 8 heteroatoms. The second-order valence-corrected chi connectivity index (χ2v) is 7.32. The molecular formula is C25H23FN4O3. The Bertz CT molecular complexity index is 1240. The molecule has 7 nitrogen and oxygen atoms in total. The molecule has 168 valence electrons. The van der Waals surface area contributed by atoms with E-state index in [4.69, 9.17) is 9.47 Å². The van der Waals surface area contributed by atoms with Gasteiger partial charge in [0, 0.05) is 32.1 Å². The minimum absolute atomic E-state index is 0.337. The second-order valence-electron chi connectivity index (χ2n) is 7.32. The molecule has 1 unspecified atom stereocenters. The molecule has 0 saturated carbocycles. The summed E-state index contributed by atoms with van der Waals surface area (Å²) in [5, 5.41) is 7.59. The van der Waals surface area contributed by atoms with E-state index in [9.17, 15) is 9.18 Å². The third kappa shape index (κ3) is 4.61. The van der Waals surface area contributed by atoms with Gasteiger partial charge in [-0.25, -0.2) is 4.39 Å². The zero-order chi connectivity index (χ0) is 23.4. The third-order valence-electron chi connectivity index (χ3n) is 5.27. The van der Waals surface area contributed by atoms with E-state index in [0.29, 0.717) is 28.4 Å². The SMILES string of the molecule is COc1ccc(C(OC)C(=O)Nc2c(-c3ccncc3)c(-c3ccc(F)cc3)nn2C)cc1. The summed E-state index contributed by atoms with van der Waals surface area (Å²) in [5.41, 5.74) is 3.52. The molecule has 0 aliphatic heterocycles. The van der Waals surface area contributed by atoms with Crippen molar-refractivity contribution in [2.75, 3.05) is 19.5 Å². The Morgan fingerprint density at radius 1 is 0.970 bits per heavy atom. The number of aromatic nitrogens is 3. The van der Waals surface area contributed by atoms with Crippen molar-refractivity contribution in [3.8, 4) is 28.1 Å². The fourth-order valence-electron chi connectivity index (χ4n) is 3.62. The van der Waals surface area contributed by atoms with Gasteiger partial charge < -0.3 is 14.8 Å². The summed E-state index contributed by atoms with van der Waals surface area (Å²) in [5.74, 6) is 0.480. The highest BCUT2D eigenvalue weighted by molar-refractivity contribution is 6.00. The minimum Gasteiger partial charge on any atom is -0.497 e. The standard InChI is InChI=1S/C25H23FN4O3/c1-30-24(28-25(31)23(33-3)18-6-10-20(32-2)11-7-18)21(16-12-14-27-15-13-16)22(29-30)17-4-8-19(26)9-5-17/h4-15,23H,1-3H3,(H,28,31). The van der Waals surface area contributed by atoms with Gasteiger partial charge in [0.25, 0.3) is 5.91 Å². The molecule has 0 aliphatic rings. The normalized spacial score (nSPS) is 11.8. The number of carbonyl (C=O) groups is 1. The van der Waals surface area contributed by atoms with Crippen LogP contribution in [0, 0.1) is 5.82 Å². The fraction of sp³-hybridized carbons (Fsp3) is 0.160. The lowest BCUT2D eigenvalue weighted by Crippen LogP contribution is -2.24. The maximum atomic E-state index is 13.5. The Balaban J connectivity index is 1.75. The second kappa shape index (κ2) is 9.62. The Labute approximate surface area is 190 Å². The Morgan fingerprint density at radius 2 is 1.64 bits per heavy atom. The first-order valence-corrected chi connectivity index (χ1v) is 10.2. The maximum Gasteiger partial charge on any atom is 0.259 e. The number of ether oxygens (including phenoxy) is 2. The number of amides is 1. The summed E-state index contributed by atoms with van der Waals surface area (Å²) in [7, 11) is 4.80. The molecule has 0 radical (unpaired) electrons. The van der Waals surface area contributed by atoms with E-state index < -0.39 is 6.10 Å². The molecule has 33 heavy (non-hydrogen) atoms. The number of anilines is 1. The van der Waals surface area contributed by atoms with Crippen LogP contribution in [0.2, 0.25) is 0 Å². The van der Waals surface area contributed by atoms with Crippen LogP contribution >= 0.6 is 0 Å². The fourth-order valence-corrected chi connectivity index (χ4v) is 3.62. The van der Waals surface area contributed by atoms with Crippen molar-refractivity contribution in [2.24, 2.45) is 7.05 Å². The molecule has 0 fully saturated rings. The first-order chi connectivity index (χ1) is 16.0. The van der Waals surface area contributed by atoms with Crippen molar-refractivity contribution < 1.29 is 18.7 Å². The number of hydrogen-bond acceptors (Lipinski definition) is 5. The van der Waals surface area contributed by atoms with Gasteiger partial charge in [-0.05, 0) is 59.7 Å². The molecule has 0 saturated heterocycles. The molecule has 2 aromatic carbocycles. The minimum atomic E-state index is -0.842. The number of rotatable bonds is 7. The van der Waals surface area contributed by atoms with Gasteiger partial charge in [-0.3, -0.25) is 14.5 Å². The van der Waals surface area contributed by atoms with Gasteiger partial charge in [0.2, 0.25) is 0 Å². The van der Waals surface area contributed by atoms with Gasteiger partial charge in [-0.15, -0.1) is 0 Å². The molecule has 1 N–H and O–H groups in total. The molecule has 0 spiro atoms. The highest BCUT2D eigenvalue weighted by Gasteiger charge is 2.26. The van der Waals surface area contributed by atoms with E-state index in [2.05, 4.69) is 15.4 Å². The average Bonchev–Trinajstić information content (AvgIpc) is 3.16. The molecule has 1 atom stereocenters. The van der Waals surface area contributed by atoms with E-state index >= 15 is 0 Å². The molecule has 4 aromatic rings. The van der Waals surface area contributed by atoms with Gasteiger partial charge in [0.05, 0.1) is 12.7 Å². The van der Waals surface area contributed by atoms with Crippen molar-refractivity contribution in [3.05, 3.63) is 84.4 Å². The van der Waals surface area contributed by atoms with Crippen LogP contribution in [0.3, 0.4) is 0 Å². The Kier molecular flexibility index (Phi) is 6.46. The van der Waals surface area contributed by atoms with E-state index in [1.54, 1.807) is 67.6 Å². The first-order valence-electron chi connectivity index (χ1n) is 10.2. The van der Waals surface area contributed by atoms with E-state index in [1.165, 1.54) is 19.2 Å². The number of nitrogens with one attached hydrogen (secondary N) is 1. The molecule has 2 aromatic heterocycles. The van der Waals surface area contributed by atoms with E-state index in [0.717, 1.165) is 11.1 Å². The summed E-state index contributed by atoms with van der Waals surface area (Å²) in [4.78, 5) is 17.3. The van der Waals surface area contributed by atoms with Crippen LogP contribution in [-0.2, 0) is 16.6 Å². The number of nitrogens with zero attached hydrogens (tertiary/aromatic N) is 3. The third-order valence-corrected chi connectivity index (χ3v) is 5.27. The van der Waals surface area contributed by atoms with Crippen LogP contribution in [0.1, 0.15) is 11.7 Å². The van der Waals surface area contributed by atoms with Gasteiger partial charge in [-0.1, -0.05) is 12.1 Å². The number of benzene rings is 2. The van der Waals surface area contributed by atoms with Gasteiger partial charge in [0.15, 0.2) is 6.10 Å². The van der Waals surface area contributed by atoms with E-state index in [-0.39, 0.29) is 11.7 Å². The van der Waals surface area contributed by atoms with E-state index in [1.807, 2.05) is 12.1 Å². The number of pyridine rings is 1. The summed E-state index contributed by atoms with van der Waals surface area (Å²) >= 11 is 0. The van der Waals surface area contributed by atoms with Crippen LogP contribution in [0.25, 0.3) is 22.4 Å². The van der Waals surface area contributed by atoms with Crippen LogP contribution < -0.4 is 10.1 Å². The van der Waals surface area contributed by atoms with Crippen molar-refractivity contribution in [1.82, 2.24) is 14.8 Å². The molecular weight excluding hydrogens is 423 g/mol. The van der Waals surface area contributed by atoms with Crippen molar-refractivity contribution in [1.29, 1.82) is 0 Å². The van der Waals surface area contributed by atoms with Crippen molar-refractivity contribution in [3.63, 3.8) is 0 Å². The quantitative estimate of drug-likeness (QED) is 0.448. The number of methoxy groups -OCH3 is 2. The monoisotopic (exact) mass is 446 g/mol. The highest BCUT2D eigenvalue weighted by atomic mass is 19.1. The summed E-state index contributed by atoms with van der Waals surface area (Å²) < 4.78 is 25.8. The molecule has 2 heterocycles. The zero-order valence-electron chi connectivity index (χ0n) is 18.4. The molecule has 0 aliphatic carbocycles. The van der Waals surface area contributed by atoms with Crippen LogP contribution in [-0.4, -0.2) is 34.9 Å². The van der Waals surface area contributed by atoms with Crippen LogP contribution in [0.5, 0.6) is 5.75 Å². The average molecular weight is 446 g/mol. The van der Waals surface area contributed by atoms with Gasteiger partial charge >= 0.3 is 0 Å². The van der Waals surface area contributed by atoms with Crippen LogP contribution in [0.4, 0.5) is 10.2 Å². The van der Waals surface area contributed by atoms with Crippen LogP contribution in [0.15, 0.2) is 73.1 Å². The Morgan fingerprint density at radius 3 is 2.24 bits per heavy atom. The lowest BCUT2D eigenvalue weighted by molar-refractivity contribution is -0.126. The lowest BCUT2D eigenvalue weighted by Gasteiger charge is -2.17. The first kappa shape index (κ1) is 22.2. The van der Waals surface area contributed by atoms with Gasteiger partial charge in [0.1, 0.15) is 23.1 Å². The number of carbonyl (C=O) groups excluding carboxylic acids is 1. The number of hydrogen-bond donors (Lipinski definition) is 1. The Hall–Kier alpha value is -4.04.